The molecular weight excluding hydrogens is 264 g/mol. The number of methoxy groups -OCH3 is 1. The van der Waals surface area contributed by atoms with Gasteiger partial charge in [-0.15, -0.1) is 0 Å². The summed E-state index contributed by atoms with van der Waals surface area (Å²) in [6.45, 7) is 2.33. The van der Waals surface area contributed by atoms with Crippen molar-refractivity contribution in [3.8, 4) is 0 Å². The summed E-state index contributed by atoms with van der Waals surface area (Å²) >= 11 is 0. The van der Waals surface area contributed by atoms with Crippen LogP contribution >= 0.6 is 0 Å². The summed E-state index contributed by atoms with van der Waals surface area (Å²) in [4.78, 5) is 11.7. The second kappa shape index (κ2) is 7.91. The van der Waals surface area contributed by atoms with Crippen LogP contribution in [0.1, 0.15) is 12.0 Å². The largest absolute Gasteiger partial charge is 0.399 e. The summed E-state index contributed by atoms with van der Waals surface area (Å²) in [5.74, 6) is 0.673. The Kier molecular flexibility index (Phi) is 6.52. The summed E-state index contributed by atoms with van der Waals surface area (Å²) in [6.07, 6.45) is 0.236. The van der Waals surface area contributed by atoms with E-state index < -0.39 is 10.8 Å². The number of benzene rings is 1. The van der Waals surface area contributed by atoms with Gasteiger partial charge < -0.3 is 15.8 Å². The molecule has 0 heterocycles. The molecule has 1 unspecified atom stereocenters. The molecule has 1 aromatic carbocycles. The summed E-state index contributed by atoms with van der Waals surface area (Å²) < 4.78 is 16.3. The second-order valence-corrected chi connectivity index (χ2v) is 5.91. The molecule has 1 aromatic rings. The van der Waals surface area contributed by atoms with Crippen LogP contribution in [0.3, 0.4) is 0 Å². The predicted octanol–water partition coefficient (Wildman–Crippen LogP) is 1.30. The van der Waals surface area contributed by atoms with Gasteiger partial charge in [0.2, 0.25) is 5.91 Å². The molecule has 0 aromatic heterocycles. The number of anilines is 2. The van der Waals surface area contributed by atoms with Gasteiger partial charge in [0.15, 0.2) is 0 Å². The van der Waals surface area contributed by atoms with Crippen molar-refractivity contribution in [1.29, 1.82) is 0 Å². The number of carbonyl (C=O) groups is 1. The molecular formula is C13H20N2O3S. The Hall–Kier alpha value is -1.40. The standard InChI is InChI=1S/C13H20N2O3S/c1-10-9-11(14)3-4-12(10)15-13(16)5-7-19(17)8-6-18-2/h3-4,9H,5-8,14H2,1-2H3,(H,15,16). The quantitative estimate of drug-likeness (QED) is 0.739. The first-order chi connectivity index (χ1) is 9.02. The molecule has 6 heteroatoms. The molecule has 1 rings (SSSR count). The Bertz CT molecular complexity index is 463. The van der Waals surface area contributed by atoms with Crippen molar-refractivity contribution in [2.75, 3.05) is 36.3 Å². The van der Waals surface area contributed by atoms with E-state index >= 15 is 0 Å². The van der Waals surface area contributed by atoms with Gasteiger partial charge in [-0.25, -0.2) is 0 Å². The molecule has 0 aliphatic heterocycles. The lowest BCUT2D eigenvalue weighted by molar-refractivity contribution is -0.115. The van der Waals surface area contributed by atoms with E-state index in [2.05, 4.69) is 5.32 Å². The van der Waals surface area contributed by atoms with Crippen molar-refractivity contribution in [3.63, 3.8) is 0 Å². The number of nitrogen functional groups attached to an aromatic ring is 1. The van der Waals surface area contributed by atoms with Crippen LogP contribution in [0.25, 0.3) is 0 Å². The first-order valence-corrected chi connectivity index (χ1v) is 7.51. The van der Waals surface area contributed by atoms with E-state index in [0.717, 1.165) is 11.3 Å². The van der Waals surface area contributed by atoms with Crippen molar-refractivity contribution >= 4 is 28.1 Å². The number of rotatable bonds is 7. The number of ether oxygens (including phenoxy) is 1. The number of aryl methyl sites for hydroxylation is 1. The lowest BCUT2D eigenvalue weighted by atomic mass is 10.2. The lowest BCUT2D eigenvalue weighted by Crippen LogP contribution is -2.17. The fraction of sp³-hybridized carbons (Fsp3) is 0.462. The van der Waals surface area contributed by atoms with Crippen LogP contribution in [-0.4, -0.2) is 35.3 Å². The number of hydrogen-bond acceptors (Lipinski definition) is 4. The molecule has 106 valence electrons. The van der Waals surface area contributed by atoms with E-state index in [1.54, 1.807) is 25.3 Å². The second-order valence-electron chi connectivity index (χ2n) is 4.21. The smallest absolute Gasteiger partial charge is 0.225 e. The van der Waals surface area contributed by atoms with E-state index in [1.807, 2.05) is 6.92 Å². The van der Waals surface area contributed by atoms with Gasteiger partial charge in [0.25, 0.3) is 0 Å². The normalized spacial score (nSPS) is 12.1. The summed E-state index contributed by atoms with van der Waals surface area (Å²) in [7, 11) is 0.550. The average Bonchev–Trinajstić information content (AvgIpc) is 2.37. The average molecular weight is 284 g/mol. The summed E-state index contributed by atoms with van der Waals surface area (Å²) in [6, 6.07) is 5.30. The van der Waals surface area contributed by atoms with Gasteiger partial charge in [-0.2, -0.15) is 0 Å². The maximum Gasteiger partial charge on any atom is 0.225 e. The highest BCUT2D eigenvalue weighted by Crippen LogP contribution is 2.17. The molecule has 0 aliphatic carbocycles. The molecule has 3 N–H and O–H groups in total. The maximum atomic E-state index is 11.7. The fourth-order valence-corrected chi connectivity index (χ4v) is 2.49. The van der Waals surface area contributed by atoms with Crippen LogP contribution in [0.15, 0.2) is 18.2 Å². The van der Waals surface area contributed by atoms with Gasteiger partial charge in [0.1, 0.15) is 0 Å². The van der Waals surface area contributed by atoms with E-state index in [0.29, 0.717) is 23.8 Å². The Morgan fingerprint density at radius 3 is 2.79 bits per heavy atom. The molecule has 0 saturated heterocycles. The summed E-state index contributed by atoms with van der Waals surface area (Å²) in [5.41, 5.74) is 7.95. The molecule has 0 aliphatic rings. The van der Waals surface area contributed by atoms with E-state index in [1.165, 1.54) is 0 Å². The van der Waals surface area contributed by atoms with Gasteiger partial charge in [0, 0.05) is 47.2 Å². The van der Waals surface area contributed by atoms with Crippen LogP contribution in [0.4, 0.5) is 11.4 Å². The molecule has 0 bridgehead atoms. The maximum absolute atomic E-state index is 11.7. The third kappa shape index (κ3) is 5.85. The van der Waals surface area contributed by atoms with Crippen LogP contribution in [0, 0.1) is 6.92 Å². The number of amides is 1. The number of carbonyl (C=O) groups excluding carboxylic acids is 1. The van der Waals surface area contributed by atoms with Crippen molar-refractivity contribution in [2.24, 2.45) is 0 Å². The minimum absolute atomic E-state index is 0.140. The molecule has 0 saturated carbocycles. The van der Waals surface area contributed by atoms with E-state index in [-0.39, 0.29) is 12.3 Å². The van der Waals surface area contributed by atoms with Gasteiger partial charge in [-0.05, 0) is 30.7 Å². The van der Waals surface area contributed by atoms with Crippen LogP contribution < -0.4 is 11.1 Å². The molecule has 5 nitrogen and oxygen atoms in total. The van der Waals surface area contributed by atoms with E-state index in [4.69, 9.17) is 10.5 Å². The molecule has 1 amide bonds. The Morgan fingerprint density at radius 2 is 2.16 bits per heavy atom. The molecule has 0 fully saturated rings. The highest BCUT2D eigenvalue weighted by atomic mass is 32.2. The first kappa shape index (κ1) is 15.7. The number of nitrogens with two attached hydrogens (primary N) is 1. The molecule has 19 heavy (non-hydrogen) atoms. The molecule has 0 spiro atoms. The minimum atomic E-state index is -1.01. The zero-order valence-corrected chi connectivity index (χ0v) is 12.1. The third-order valence-corrected chi connectivity index (χ3v) is 3.88. The highest BCUT2D eigenvalue weighted by molar-refractivity contribution is 7.85. The number of nitrogens with one attached hydrogen (secondary N) is 1. The lowest BCUT2D eigenvalue weighted by Gasteiger charge is -2.09. The molecule has 1 atom stereocenters. The van der Waals surface area contributed by atoms with Gasteiger partial charge in [-0.1, -0.05) is 0 Å². The Morgan fingerprint density at radius 1 is 1.42 bits per heavy atom. The highest BCUT2D eigenvalue weighted by Gasteiger charge is 2.07. The van der Waals surface area contributed by atoms with Crippen molar-refractivity contribution < 1.29 is 13.7 Å². The van der Waals surface area contributed by atoms with Gasteiger partial charge in [0.05, 0.1) is 6.61 Å². The number of hydrogen-bond donors (Lipinski definition) is 2. The predicted molar refractivity (Wildman–Crippen MR) is 78.6 cm³/mol. The molecule has 0 radical (unpaired) electrons. The van der Waals surface area contributed by atoms with Crippen LogP contribution in [0.2, 0.25) is 0 Å². The van der Waals surface area contributed by atoms with E-state index in [9.17, 15) is 9.00 Å². The third-order valence-electron chi connectivity index (χ3n) is 2.60. The van der Waals surface area contributed by atoms with Crippen molar-refractivity contribution in [1.82, 2.24) is 0 Å². The minimum Gasteiger partial charge on any atom is -0.399 e. The zero-order valence-electron chi connectivity index (χ0n) is 11.3. The topological polar surface area (TPSA) is 81.4 Å². The monoisotopic (exact) mass is 284 g/mol. The SMILES string of the molecule is COCCS(=O)CCC(=O)Nc1ccc(N)cc1C. The Labute approximate surface area is 116 Å². The van der Waals surface area contributed by atoms with Crippen molar-refractivity contribution in [2.45, 2.75) is 13.3 Å². The fourth-order valence-electron chi connectivity index (χ4n) is 1.52. The summed E-state index contributed by atoms with van der Waals surface area (Å²) in [5, 5.41) is 2.79. The van der Waals surface area contributed by atoms with Gasteiger partial charge >= 0.3 is 0 Å². The van der Waals surface area contributed by atoms with Crippen molar-refractivity contribution in [3.05, 3.63) is 23.8 Å². The van der Waals surface area contributed by atoms with Crippen LogP contribution in [-0.2, 0) is 20.3 Å². The first-order valence-electron chi connectivity index (χ1n) is 6.03. The Balaban J connectivity index is 2.41. The van der Waals surface area contributed by atoms with Crippen LogP contribution in [0.5, 0.6) is 0 Å². The van der Waals surface area contributed by atoms with Gasteiger partial charge in [-0.3, -0.25) is 9.00 Å². The zero-order chi connectivity index (χ0) is 14.3.